The molecular formula is C11H18N2O. The lowest BCUT2D eigenvalue weighted by molar-refractivity contribution is 0.183. The fraction of sp³-hybridized carbons (Fsp3) is 0.455. The van der Waals surface area contributed by atoms with Crippen LogP contribution in [0.15, 0.2) is 12.1 Å². The number of benzene rings is 1. The molecule has 3 heteroatoms. The predicted molar refractivity (Wildman–Crippen MR) is 59.1 cm³/mol. The minimum absolute atomic E-state index is 0.271. The maximum atomic E-state index is 9.45. The van der Waals surface area contributed by atoms with Crippen molar-refractivity contribution in [3.8, 4) is 0 Å². The average molecular weight is 194 g/mol. The molecule has 0 aliphatic heterocycles. The molecule has 0 aliphatic rings. The molecule has 0 heterocycles. The standard InChI is InChI=1S/C11H18N2O/c1-7-3-8(2)10(11(13)4-7)5-9(14)6-12/h3-4,9,14H,5-6,12-13H2,1-2H3. The van der Waals surface area contributed by atoms with Gasteiger partial charge in [-0.1, -0.05) is 6.07 Å². The van der Waals surface area contributed by atoms with Crippen LogP contribution >= 0.6 is 0 Å². The van der Waals surface area contributed by atoms with Crippen LogP contribution in [0.3, 0.4) is 0 Å². The zero-order valence-electron chi connectivity index (χ0n) is 8.75. The van der Waals surface area contributed by atoms with Gasteiger partial charge >= 0.3 is 0 Å². The van der Waals surface area contributed by atoms with E-state index >= 15 is 0 Å². The monoisotopic (exact) mass is 194 g/mol. The van der Waals surface area contributed by atoms with E-state index in [1.807, 2.05) is 19.9 Å². The van der Waals surface area contributed by atoms with E-state index in [0.717, 1.165) is 22.4 Å². The molecule has 78 valence electrons. The highest BCUT2D eigenvalue weighted by atomic mass is 16.3. The SMILES string of the molecule is Cc1cc(C)c(CC(O)CN)c(N)c1. The van der Waals surface area contributed by atoms with Gasteiger partial charge in [0.15, 0.2) is 0 Å². The van der Waals surface area contributed by atoms with Crippen molar-refractivity contribution in [2.45, 2.75) is 26.4 Å². The number of anilines is 1. The Morgan fingerprint density at radius 3 is 2.50 bits per heavy atom. The van der Waals surface area contributed by atoms with Gasteiger partial charge < -0.3 is 16.6 Å². The number of aryl methyl sites for hydroxylation is 2. The van der Waals surface area contributed by atoms with Crippen molar-refractivity contribution in [3.63, 3.8) is 0 Å². The van der Waals surface area contributed by atoms with Crippen molar-refractivity contribution in [3.05, 3.63) is 28.8 Å². The molecule has 1 atom stereocenters. The molecule has 1 unspecified atom stereocenters. The number of hydrogen-bond acceptors (Lipinski definition) is 3. The summed E-state index contributed by atoms with van der Waals surface area (Å²) < 4.78 is 0. The van der Waals surface area contributed by atoms with Gasteiger partial charge in [-0.15, -0.1) is 0 Å². The summed E-state index contributed by atoms with van der Waals surface area (Å²) in [6, 6.07) is 3.99. The molecule has 0 saturated carbocycles. The zero-order chi connectivity index (χ0) is 10.7. The van der Waals surface area contributed by atoms with Gasteiger partial charge in [0.1, 0.15) is 0 Å². The van der Waals surface area contributed by atoms with E-state index in [1.165, 1.54) is 0 Å². The minimum atomic E-state index is -0.501. The van der Waals surface area contributed by atoms with Crippen LogP contribution in [0.2, 0.25) is 0 Å². The van der Waals surface area contributed by atoms with Crippen LogP contribution in [0.5, 0.6) is 0 Å². The van der Waals surface area contributed by atoms with Crippen LogP contribution in [-0.2, 0) is 6.42 Å². The van der Waals surface area contributed by atoms with Crippen LogP contribution in [0.4, 0.5) is 5.69 Å². The van der Waals surface area contributed by atoms with E-state index in [2.05, 4.69) is 6.07 Å². The Kier molecular flexibility index (Phi) is 3.49. The summed E-state index contributed by atoms with van der Waals surface area (Å²) in [7, 11) is 0. The highest BCUT2D eigenvalue weighted by molar-refractivity contribution is 5.53. The molecule has 0 spiro atoms. The first-order valence-electron chi connectivity index (χ1n) is 4.78. The first-order chi connectivity index (χ1) is 6.54. The van der Waals surface area contributed by atoms with Crippen LogP contribution < -0.4 is 11.5 Å². The van der Waals surface area contributed by atoms with Gasteiger partial charge in [-0.3, -0.25) is 0 Å². The van der Waals surface area contributed by atoms with Gasteiger partial charge in [0.05, 0.1) is 6.10 Å². The number of nitrogens with two attached hydrogens (primary N) is 2. The maximum Gasteiger partial charge on any atom is 0.0703 e. The van der Waals surface area contributed by atoms with E-state index < -0.39 is 6.10 Å². The van der Waals surface area contributed by atoms with Crippen molar-refractivity contribution >= 4 is 5.69 Å². The molecule has 3 nitrogen and oxygen atoms in total. The highest BCUT2D eigenvalue weighted by Crippen LogP contribution is 2.20. The summed E-state index contributed by atoms with van der Waals surface area (Å²) in [6.07, 6.45) is 0.0350. The molecule has 0 radical (unpaired) electrons. The molecule has 5 N–H and O–H groups in total. The lowest BCUT2D eigenvalue weighted by atomic mass is 9.98. The Labute approximate surface area is 84.7 Å². The molecule has 0 amide bonds. The Morgan fingerprint density at radius 1 is 1.36 bits per heavy atom. The second kappa shape index (κ2) is 4.44. The third kappa shape index (κ3) is 2.47. The quantitative estimate of drug-likeness (QED) is 0.622. The molecule has 0 aromatic heterocycles. The Morgan fingerprint density at radius 2 is 2.00 bits per heavy atom. The molecule has 1 rings (SSSR count). The summed E-state index contributed by atoms with van der Waals surface area (Å²) >= 11 is 0. The van der Waals surface area contributed by atoms with E-state index in [1.54, 1.807) is 0 Å². The van der Waals surface area contributed by atoms with Gasteiger partial charge in [-0.25, -0.2) is 0 Å². The summed E-state index contributed by atoms with van der Waals surface area (Å²) in [5, 5.41) is 9.45. The Balaban J connectivity index is 2.96. The van der Waals surface area contributed by atoms with Crippen LogP contribution in [0.25, 0.3) is 0 Å². The molecule has 1 aromatic rings. The lowest BCUT2D eigenvalue weighted by Crippen LogP contribution is -2.23. The predicted octanol–water partition coefficient (Wildman–Crippen LogP) is 0.748. The van der Waals surface area contributed by atoms with Crippen LogP contribution in [0, 0.1) is 13.8 Å². The van der Waals surface area contributed by atoms with Gasteiger partial charge in [-0.05, 0) is 36.6 Å². The normalized spacial score (nSPS) is 12.9. The molecule has 0 aliphatic carbocycles. The number of rotatable bonds is 3. The topological polar surface area (TPSA) is 72.3 Å². The average Bonchev–Trinajstić information content (AvgIpc) is 2.10. The fourth-order valence-corrected chi connectivity index (χ4v) is 1.63. The van der Waals surface area contributed by atoms with E-state index in [0.29, 0.717) is 6.42 Å². The number of aliphatic hydroxyl groups excluding tert-OH is 1. The van der Waals surface area contributed by atoms with Gasteiger partial charge in [0, 0.05) is 18.7 Å². The largest absolute Gasteiger partial charge is 0.398 e. The Bertz CT molecular complexity index is 300. The third-order valence-corrected chi connectivity index (χ3v) is 2.36. The van der Waals surface area contributed by atoms with Crippen molar-refractivity contribution in [1.82, 2.24) is 0 Å². The summed E-state index contributed by atoms with van der Waals surface area (Å²) in [4.78, 5) is 0. The maximum absolute atomic E-state index is 9.45. The highest BCUT2D eigenvalue weighted by Gasteiger charge is 2.09. The molecule has 0 bridgehead atoms. The minimum Gasteiger partial charge on any atom is -0.398 e. The van der Waals surface area contributed by atoms with Crippen molar-refractivity contribution in [2.75, 3.05) is 12.3 Å². The van der Waals surface area contributed by atoms with Crippen molar-refractivity contribution < 1.29 is 5.11 Å². The van der Waals surface area contributed by atoms with Gasteiger partial charge in [0.2, 0.25) is 0 Å². The van der Waals surface area contributed by atoms with Crippen LogP contribution in [0.1, 0.15) is 16.7 Å². The van der Waals surface area contributed by atoms with Gasteiger partial charge in [-0.2, -0.15) is 0 Å². The Hall–Kier alpha value is -1.06. The first kappa shape index (κ1) is 11.0. The number of hydrogen-bond donors (Lipinski definition) is 3. The lowest BCUT2D eigenvalue weighted by Gasteiger charge is -2.13. The summed E-state index contributed by atoms with van der Waals surface area (Å²) in [6.45, 7) is 4.28. The number of aliphatic hydroxyl groups is 1. The smallest absolute Gasteiger partial charge is 0.0703 e. The molecule has 0 saturated heterocycles. The molecule has 0 fully saturated rings. The fourth-order valence-electron chi connectivity index (χ4n) is 1.63. The molecule has 1 aromatic carbocycles. The first-order valence-corrected chi connectivity index (χ1v) is 4.78. The summed E-state index contributed by atoms with van der Waals surface area (Å²) in [5.74, 6) is 0. The van der Waals surface area contributed by atoms with Gasteiger partial charge in [0.25, 0.3) is 0 Å². The number of nitrogen functional groups attached to an aromatic ring is 1. The van der Waals surface area contributed by atoms with E-state index in [9.17, 15) is 5.11 Å². The molecular weight excluding hydrogens is 176 g/mol. The van der Waals surface area contributed by atoms with E-state index in [4.69, 9.17) is 11.5 Å². The third-order valence-electron chi connectivity index (χ3n) is 2.36. The second-order valence-corrected chi connectivity index (χ2v) is 3.74. The van der Waals surface area contributed by atoms with Crippen LogP contribution in [-0.4, -0.2) is 17.8 Å². The van der Waals surface area contributed by atoms with Crippen molar-refractivity contribution in [2.24, 2.45) is 5.73 Å². The van der Waals surface area contributed by atoms with Crippen molar-refractivity contribution in [1.29, 1.82) is 0 Å². The molecule has 14 heavy (non-hydrogen) atoms. The second-order valence-electron chi connectivity index (χ2n) is 3.74. The van der Waals surface area contributed by atoms with E-state index in [-0.39, 0.29) is 6.54 Å². The zero-order valence-corrected chi connectivity index (χ0v) is 8.75. The summed E-state index contributed by atoms with van der Waals surface area (Å²) in [5.41, 5.74) is 15.3.